The van der Waals surface area contributed by atoms with Crippen LogP contribution in [0.1, 0.15) is 25.7 Å². The summed E-state index contributed by atoms with van der Waals surface area (Å²) in [5.74, 6) is 0.891. The molecule has 0 aromatic carbocycles. The molecule has 0 atom stereocenters. The van der Waals surface area contributed by atoms with E-state index in [0.29, 0.717) is 11.1 Å². The lowest BCUT2D eigenvalue weighted by molar-refractivity contribution is 0.384. The Hall–Kier alpha value is -0.350. The van der Waals surface area contributed by atoms with Crippen LogP contribution in [0.5, 0.6) is 0 Å². The van der Waals surface area contributed by atoms with E-state index in [0.717, 1.165) is 24.1 Å². The predicted octanol–water partition coefficient (Wildman–Crippen LogP) is 3.27. The fourth-order valence-corrected chi connectivity index (χ4v) is 2.37. The molecule has 1 heterocycles. The van der Waals surface area contributed by atoms with E-state index in [-0.39, 0.29) is 0 Å². The van der Waals surface area contributed by atoms with E-state index in [2.05, 4.69) is 30.8 Å². The number of anilines is 1. The van der Waals surface area contributed by atoms with E-state index in [9.17, 15) is 0 Å². The van der Waals surface area contributed by atoms with Crippen LogP contribution >= 0.6 is 27.5 Å². The first-order valence-corrected chi connectivity index (χ1v) is 7.11. The lowest BCUT2D eigenvalue weighted by Crippen LogP contribution is -2.41. The Morgan fingerprint density at radius 3 is 2.88 bits per heavy atom. The van der Waals surface area contributed by atoms with Crippen molar-refractivity contribution < 1.29 is 0 Å². The van der Waals surface area contributed by atoms with Crippen molar-refractivity contribution in [2.24, 2.45) is 0 Å². The molecule has 1 aliphatic carbocycles. The van der Waals surface area contributed by atoms with Crippen LogP contribution in [-0.2, 0) is 0 Å². The third kappa shape index (κ3) is 2.66. The van der Waals surface area contributed by atoms with Gasteiger partial charge in [0, 0.05) is 17.9 Å². The van der Waals surface area contributed by atoms with E-state index in [1.807, 2.05) is 0 Å². The first-order chi connectivity index (χ1) is 7.83. The van der Waals surface area contributed by atoms with E-state index in [1.165, 1.54) is 19.3 Å². The van der Waals surface area contributed by atoms with E-state index >= 15 is 0 Å². The summed E-state index contributed by atoms with van der Waals surface area (Å²) in [5.41, 5.74) is 0. The summed E-state index contributed by atoms with van der Waals surface area (Å²) in [5, 5.41) is 1.67. The van der Waals surface area contributed by atoms with Crippen molar-refractivity contribution in [3.8, 4) is 0 Å². The molecule has 0 spiro atoms. The summed E-state index contributed by atoms with van der Waals surface area (Å²) in [6.07, 6.45) is 8.17. The molecule has 3 nitrogen and oxygen atoms in total. The molecule has 5 heteroatoms. The highest BCUT2D eigenvalue weighted by molar-refractivity contribution is 9.09. The van der Waals surface area contributed by atoms with Crippen molar-refractivity contribution in [2.45, 2.75) is 31.7 Å². The van der Waals surface area contributed by atoms with Gasteiger partial charge in [-0.25, -0.2) is 9.97 Å². The number of halogens is 2. The molecule has 0 saturated heterocycles. The zero-order valence-electron chi connectivity index (χ0n) is 9.07. The van der Waals surface area contributed by atoms with Gasteiger partial charge in [0.25, 0.3) is 0 Å². The van der Waals surface area contributed by atoms with Gasteiger partial charge in [0.2, 0.25) is 0 Å². The van der Waals surface area contributed by atoms with Gasteiger partial charge in [0.1, 0.15) is 11.3 Å². The molecule has 0 amide bonds. The maximum atomic E-state index is 6.14. The number of rotatable bonds is 5. The summed E-state index contributed by atoms with van der Waals surface area (Å²) < 4.78 is 0. The van der Waals surface area contributed by atoms with Gasteiger partial charge in [0.05, 0.1) is 6.20 Å². The normalized spacial score (nSPS) is 15.9. The van der Waals surface area contributed by atoms with Crippen molar-refractivity contribution in [1.82, 2.24) is 9.97 Å². The zero-order chi connectivity index (χ0) is 11.4. The zero-order valence-corrected chi connectivity index (χ0v) is 11.4. The molecule has 1 aromatic heterocycles. The molecule has 88 valence electrons. The predicted molar refractivity (Wildman–Crippen MR) is 70.4 cm³/mol. The Bertz CT molecular complexity index is 344. The number of nitrogens with zero attached hydrogens (tertiary/aromatic N) is 3. The second-order valence-electron chi connectivity index (χ2n) is 4.01. The highest BCUT2D eigenvalue weighted by Gasteiger charge is 2.26. The minimum atomic E-state index is 0.617. The highest BCUT2D eigenvalue weighted by Crippen LogP contribution is 2.31. The van der Waals surface area contributed by atoms with Gasteiger partial charge in [-0.3, -0.25) is 0 Å². The summed E-state index contributed by atoms with van der Waals surface area (Å²) in [6.45, 7) is 1.01. The molecule has 1 aliphatic rings. The molecular formula is C11H15BrClN3. The monoisotopic (exact) mass is 303 g/mol. The molecule has 0 N–H and O–H groups in total. The van der Waals surface area contributed by atoms with Crippen molar-refractivity contribution in [3.63, 3.8) is 0 Å². The van der Waals surface area contributed by atoms with E-state index in [1.54, 1.807) is 12.5 Å². The van der Waals surface area contributed by atoms with Gasteiger partial charge in [-0.2, -0.15) is 0 Å². The van der Waals surface area contributed by atoms with Crippen LogP contribution in [-0.4, -0.2) is 27.9 Å². The molecule has 1 aromatic rings. The van der Waals surface area contributed by atoms with Crippen LogP contribution < -0.4 is 4.90 Å². The summed E-state index contributed by atoms with van der Waals surface area (Å²) in [4.78, 5) is 10.6. The maximum Gasteiger partial charge on any atom is 0.151 e. The lowest BCUT2D eigenvalue weighted by Gasteiger charge is -2.38. The van der Waals surface area contributed by atoms with Crippen LogP contribution in [0.3, 0.4) is 0 Å². The Morgan fingerprint density at radius 2 is 2.31 bits per heavy atom. The summed E-state index contributed by atoms with van der Waals surface area (Å²) in [6, 6.07) is 0.617. The molecule has 1 saturated carbocycles. The molecule has 0 unspecified atom stereocenters. The lowest BCUT2D eigenvalue weighted by atomic mass is 9.91. The molecule has 0 bridgehead atoms. The van der Waals surface area contributed by atoms with Gasteiger partial charge in [-0.1, -0.05) is 27.5 Å². The third-order valence-corrected chi connectivity index (χ3v) is 3.80. The topological polar surface area (TPSA) is 29.0 Å². The van der Waals surface area contributed by atoms with Gasteiger partial charge >= 0.3 is 0 Å². The van der Waals surface area contributed by atoms with E-state index < -0.39 is 0 Å². The molecule has 0 radical (unpaired) electrons. The van der Waals surface area contributed by atoms with Crippen LogP contribution in [0.2, 0.25) is 5.02 Å². The number of aromatic nitrogens is 2. The van der Waals surface area contributed by atoms with Crippen molar-refractivity contribution in [3.05, 3.63) is 17.5 Å². The summed E-state index contributed by atoms with van der Waals surface area (Å²) in [7, 11) is 0. The number of hydrogen-bond acceptors (Lipinski definition) is 3. The van der Waals surface area contributed by atoms with Crippen molar-refractivity contribution in [2.75, 3.05) is 16.8 Å². The number of alkyl halides is 1. The van der Waals surface area contributed by atoms with Crippen molar-refractivity contribution in [1.29, 1.82) is 0 Å². The van der Waals surface area contributed by atoms with Gasteiger partial charge < -0.3 is 4.90 Å². The minimum Gasteiger partial charge on any atom is -0.352 e. The maximum absolute atomic E-state index is 6.14. The SMILES string of the molecule is Clc1cncnc1N(CCCBr)C1CCC1. The minimum absolute atomic E-state index is 0.617. The fraction of sp³-hybridized carbons (Fsp3) is 0.636. The second kappa shape index (κ2) is 5.82. The quantitative estimate of drug-likeness (QED) is 0.782. The van der Waals surface area contributed by atoms with Gasteiger partial charge in [0.15, 0.2) is 5.82 Å². The smallest absolute Gasteiger partial charge is 0.151 e. The molecule has 1 fully saturated rings. The Labute approximate surface area is 109 Å². The van der Waals surface area contributed by atoms with Gasteiger partial charge in [-0.05, 0) is 25.7 Å². The van der Waals surface area contributed by atoms with E-state index in [4.69, 9.17) is 11.6 Å². The standard InChI is InChI=1S/C11H15BrClN3/c12-5-2-6-16(9-3-1-4-9)11-10(13)7-14-8-15-11/h7-9H,1-6H2. The van der Waals surface area contributed by atoms with Crippen LogP contribution in [0.25, 0.3) is 0 Å². The molecule has 2 rings (SSSR count). The number of hydrogen-bond donors (Lipinski definition) is 0. The van der Waals surface area contributed by atoms with Crippen LogP contribution in [0.15, 0.2) is 12.5 Å². The average molecular weight is 305 g/mol. The molecule has 16 heavy (non-hydrogen) atoms. The Morgan fingerprint density at radius 1 is 1.50 bits per heavy atom. The fourth-order valence-electron chi connectivity index (χ4n) is 1.91. The first-order valence-electron chi connectivity index (χ1n) is 5.61. The average Bonchev–Trinajstić information content (AvgIpc) is 2.22. The second-order valence-corrected chi connectivity index (χ2v) is 5.22. The molecule has 0 aliphatic heterocycles. The van der Waals surface area contributed by atoms with Crippen LogP contribution in [0, 0.1) is 0 Å². The molecular weight excluding hydrogens is 289 g/mol. The Balaban J connectivity index is 2.13. The third-order valence-electron chi connectivity index (χ3n) is 2.97. The Kier molecular flexibility index (Phi) is 4.41. The van der Waals surface area contributed by atoms with Gasteiger partial charge in [-0.15, -0.1) is 0 Å². The largest absolute Gasteiger partial charge is 0.352 e. The highest BCUT2D eigenvalue weighted by atomic mass is 79.9. The van der Waals surface area contributed by atoms with Crippen LogP contribution in [0.4, 0.5) is 5.82 Å². The van der Waals surface area contributed by atoms with Crippen molar-refractivity contribution >= 4 is 33.3 Å². The summed E-state index contributed by atoms with van der Waals surface area (Å²) >= 11 is 9.61. The first kappa shape index (κ1) is 12.1.